The lowest BCUT2D eigenvalue weighted by molar-refractivity contribution is -0.117. The van der Waals surface area contributed by atoms with Crippen LogP contribution in [0.4, 0.5) is 5.69 Å². The highest BCUT2D eigenvalue weighted by Crippen LogP contribution is 2.30. The molecule has 1 aliphatic rings. The van der Waals surface area contributed by atoms with Gasteiger partial charge in [0.15, 0.2) is 0 Å². The first kappa shape index (κ1) is 14.0. The average molecular weight is 261 g/mol. The highest BCUT2D eigenvalue weighted by atomic mass is 16.2. The molecular formula is C15H23N3O. The van der Waals surface area contributed by atoms with Gasteiger partial charge in [-0.05, 0) is 50.4 Å². The van der Waals surface area contributed by atoms with Crippen LogP contribution in [0, 0.1) is 0 Å². The van der Waals surface area contributed by atoms with E-state index < -0.39 is 0 Å². The van der Waals surface area contributed by atoms with Crippen LogP contribution in [0.5, 0.6) is 0 Å². The zero-order valence-electron chi connectivity index (χ0n) is 11.8. The second-order valence-corrected chi connectivity index (χ2v) is 5.96. The van der Waals surface area contributed by atoms with Crippen molar-refractivity contribution in [3.05, 3.63) is 29.3 Å². The van der Waals surface area contributed by atoms with Crippen molar-refractivity contribution in [1.82, 2.24) is 0 Å². The summed E-state index contributed by atoms with van der Waals surface area (Å²) in [4.78, 5) is 13.9. The maximum absolute atomic E-state index is 12.1. The molecule has 1 aromatic rings. The van der Waals surface area contributed by atoms with Crippen molar-refractivity contribution in [1.29, 1.82) is 0 Å². The summed E-state index contributed by atoms with van der Waals surface area (Å²) in [6.07, 6.45) is 2.15. The molecule has 0 saturated carbocycles. The van der Waals surface area contributed by atoms with E-state index in [0.717, 1.165) is 24.1 Å². The summed E-state index contributed by atoms with van der Waals surface area (Å²) in [6, 6.07) is 6.20. The predicted octanol–water partition coefficient (Wildman–Crippen LogP) is 1.20. The van der Waals surface area contributed by atoms with Crippen LogP contribution in [0.2, 0.25) is 0 Å². The van der Waals surface area contributed by atoms with Crippen LogP contribution in [0.3, 0.4) is 0 Å². The van der Waals surface area contributed by atoms with E-state index in [-0.39, 0.29) is 11.4 Å². The number of carbonyl (C=O) groups is 1. The molecule has 4 N–H and O–H groups in total. The number of anilines is 1. The largest absolute Gasteiger partial charge is 0.330 e. The zero-order chi connectivity index (χ0) is 14.0. The molecule has 0 radical (unpaired) electrons. The average Bonchev–Trinajstić information content (AvgIpc) is 2.61. The molecule has 1 amide bonds. The lowest BCUT2D eigenvalue weighted by Crippen LogP contribution is -2.38. The highest BCUT2D eigenvalue weighted by molar-refractivity contribution is 6.01. The first-order valence-corrected chi connectivity index (χ1v) is 6.82. The fraction of sp³-hybridized carbons (Fsp3) is 0.533. The number of nitrogens with two attached hydrogens (primary N) is 2. The van der Waals surface area contributed by atoms with Gasteiger partial charge in [-0.3, -0.25) is 4.79 Å². The van der Waals surface area contributed by atoms with E-state index in [4.69, 9.17) is 11.5 Å². The van der Waals surface area contributed by atoms with Gasteiger partial charge in [-0.2, -0.15) is 0 Å². The topological polar surface area (TPSA) is 72.3 Å². The minimum absolute atomic E-state index is 0.171. The van der Waals surface area contributed by atoms with Gasteiger partial charge in [0.05, 0.1) is 6.42 Å². The summed E-state index contributed by atoms with van der Waals surface area (Å²) in [7, 11) is 0. The van der Waals surface area contributed by atoms with Crippen molar-refractivity contribution >= 4 is 11.6 Å². The van der Waals surface area contributed by atoms with Crippen molar-refractivity contribution in [2.75, 3.05) is 18.0 Å². The Balaban J connectivity index is 2.15. The van der Waals surface area contributed by atoms with Crippen molar-refractivity contribution in [2.45, 2.75) is 38.6 Å². The van der Waals surface area contributed by atoms with Gasteiger partial charge in [0, 0.05) is 17.8 Å². The molecule has 0 bridgehead atoms. The van der Waals surface area contributed by atoms with Crippen LogP contribution in [0.15, 0.2) is 18.2 Å². The molecule has 0 spiro atoms. The molecule has 0 fully saturated rings. The summed E-state index contributed by atoms with van der Waals surface area (Å²) in [5.41, 5.74) is 14.7. The molecule has 19 heavy (non-hydrogen) atoms. The van der Waals surface area contributed by atoms with Gasteiger partial charge < -0.3 is 16.4 Å². The normalized spacial score (nSPS) is 14.9. The number of amides is 1. The molecule has 4 nitrogen and oxygen atoms in total. The van der Waals surface area contributed by atoms with E-state index >= 15 is 0 Å². The number of carbonyl (C=O) groups excluding carboxylic acids is 1. The van der Waals surface area contributed by atoms with Gasteiger partial charge in [-0.1, -0.05) is 12.1 Å². The molecule has 0 aromatic heterocycles. The van der Waals surface area contributed by atoms with Crippen molar-refractivity contribution in [3.8, 4) is 0 Å². The number of hydrogen-bond donors (Lipinski definition) is 2. The van der Waals surface area contributed by atoms with E-state index in [9.17, 15) is 4.79 Å². The molecule has 1 aromatic carbocycles. The second-order valence-electron chi connectivity index (χ2n) is 5.96. The van der Waals surface area contributed by atoms with Crippen molar-refractivity contribution in [2.24, 2.45) is 11.5 Å². The Morgan fingerprint density at radius 1 is 1.37 bits per heavy atom. The summed E-state index contributed by atoms with van der Waals surface area (Å²) >= 11 is 0. The van der Waals surface area contributed by atoms with Crippen LogP contribution in [0.25, 0.3) is 0 Å². The number of nitrogens with zero attached hydrogens (tertiary/aromatic N) is 1. The van der Waals surface area contributed by atoms with Crippen LogP contribution < -0.4 is 16.4 Å². The van der Waals surface area contributed by atoms with Crippen LogP contribution in [-0.2, 0) is 17.6 Å². The minimum atomic E-state index is -0.247. The first-order valence-electron chi connectivity index (χ1n) is 6.82. The van der Waals surface area contributed by atoms with E-state index in [0.29, 0.717) is 19.5 Å². The zero-order valence-corrected chi connectivity index (χ0v) is 11.8. The van der Waals surface area contributed by atoms with E-state index in [1.165, 1.54) is 5.56 Å². The molecular weight excluding hydrogens is 238 g/mol. The molecule has 0 saturated heterocycles. The third-order valence-electron chi connectivity index (χ3n) is 3.49. The van der Waals surface area contributed by atoms with Gasteiger partial charge in [0.25, 0.3) is 0 Å². The predicted molar refractivity (Wildman–Crippen MR) is 78.1 cm³/mol. The number of rotatable bonds is 5. The molecule has 104 valence electrons. The SMILES string of the molecule is CC(C)(N)CCN1C(=O)Cc2cc(CCN)ccc21. The van der Waals surface area contributed by atoms with Gasteiger partial charge in [-0.25, -0.2) is 0 Å². The number of benzene rings is 1. The Labute approximate surface area is 114 Å². The van der Waals surface area contributed by atoms with Crippen LogP contribution >= 0.6 is 0 Å². The second kappa shape index (κ2) is 5.31. The first-order chi connectivity index (χ1) is 8.90. The Morgan fingerprint density at radius 3 is 2.74 bits per heavy atom. The smallest absolute Gasteiger partial charge is 0.231 e. The van der Waals surface area contributed by atoms with Gasteiger partial charge >= 0.3 is 0 Å². The molecule has 4 heteroatoms. The quantitative estimate of drug-likeness (QED) is 0.836. The Morgan fingerprint density at radius 2 is 2.11 bits per heavy atom. The van der Waals surface area contributed by atoms with Crippen molar-refractivity contribution < 1.29 is 4.79 Å². The van der Waals surface area contributed by atoms with Gasteiger partial charge in [0.2, 0.25) is 5.91 Å². The molecule has 2 rings (SSSR count). The fourth-order valence-corrected chi connectivity index (χ4v) is 2.40. The molecule has 0 atom stereocenters. The van der Waals surface area contributed by atoms with E-state index in [2.05, 4.69) is 12.1 Å². The standard InChI is InChI=1S/C15H23N3O/c1-15(2,17)6-8-18-13-4-3-11(5-7-16)9-12(13)10-14(18)19/h3-4,9H,5-8,10,16-17H2,1-2H3. The lowest BCUT2D eigenvalue weighted by atomic mass is 10.0. The number of hydrogen-bond acceptors (Lipinski definition) is 3. The van der Waals surface area contributed by atoms with Crippen molar-refractivity contribution in [3.63, 3.8) is 0 Å². The summed E-state index contributed by atoms with van der Waals surface area (Å²) < 4.78 is 0. The monoisotopic (exact) mass is 261 g/mol. The highest BCUT2D eigenvalue weighted by Gasteiger charge is 2.28. The Bertz CT molecular complexity index is 477. The third kappa shape index (κ3) is 3.33. The summed E-state index contributed by atoms with van der Waals surface area (Å²) in [5.74, 6) is 0.171. The van der Waals surface area contributed by atoms with E-state index in [1.807, 2.05) is 24.8 Å². The summed E-state index contributed by atoms with van der Waals surface area (Å²) in [6.45, 7) is 5.29. The maximum atomic E-state index is 12.1. The molecule has 1 heterocycles. The van der Waals surface area contributed by atoms with Gasteiger partial charge in [-0.15, -0.1) is 0 Å². The fourth-order valence-electron chi connectivity index (χ4n) is 2.40. The summed E-state index contributed by atoms with van der Waals surface area (Å²) in [5, 5.41) is 0. The number of fused-ring (bicyclic) bond motifs is 1. The lowest BCUT2D eigenvalue weighted by Gasteiger charge is -2.24. The molecule has 0 aliphatic carbocycles. The van der Waals surface area contributed by atoms with Crippen LogP contribution in [0.1, 0.15) is 31.4 Å². The maximum Gasteiger partial charge on any atom is 0.231 e. The molecule has 0 unspecified atom stereocenters. The third-order valence-corrected chi connectivity index (χ3v) is 3.49. The minimum Gasteiger partial charge on any atom is -0.330 e. The van der Waals surface area contributed by atoms with E-state index in [1.54, 1.807) is 0 Å². The van der Waals surface area contributed by atoms with Crippen LogP contribution in [-0.4, -0.2) is 24.5 Å². The molecule has 1 aliphatic heterocycles. The Kier molecular flexibility index (Phi) is 3.92. The van der Waals surface area contributed by atoms with Gasteiger partial charge in [0.1, 0.15) is 0 Å². The Hall–Kier alpha value is -1.39.